The van der Waals surface area contributed by atoms with E-state index in [1.807, 2.05) is 37.3 Å². The fourth-order valence-electron chi connectivity index (χ4n) is 3.16. The number of nitrogens with zero attached hydrogens (tertiary/aromatic N) is 1. The Bertz CT molecular complexity index is 784. The molecule has 0 saturated carbocycles. The molecule has 0 aliphatic heterocycles. The van der Waals surface area contributed by atoms with Crippen LogP contribution in [0.5, 0.6) is 5.75 Å². The largest absolute Gasteiger partial charge is 0.494 e. The van der Waals surface area contributed by atoms with Gasteiger partial charge in [-0.3, -0.25) is 9.78 Å². The second-order valence-electron chi connectivity index (χ2n) is 6.66. The van der Waals surface area contributed by atoms with E-state index in [2.05, 4.69) is 21.7 Å². The molecule has 1 aliphatic rings. The molecule has 0 radical (unpaired) electrons. The Balaban J connectivity index is 1.54. The Morgan fingerprint density at radius 2 is 2.00 bits per heavy atom. The third-order valence-corrected chi connectivity index (χ3v) is 4.58. The van der Waals surface area contributed by atoms with E-state index < -0.39 is 0 Å². The number of benzene rings is 1. The highest BCUT2D eigenvalue weighted by atomic mass is 16.5. The summed E-state index contributed by atoms with van der Waals surface area (Å²) in [7, 11) is 0. The molecule has 27 heavy (non-hydrogen) atoms. The number of hydrogen-bond acceptors (Lipinski definition) is 4. The van der Waals surface area contributed by atoms with Crippen molar-refractivity contribution >= 4 is 17.3 Å². The molecule has 1 aromatic carbocycles. The van der Waals surface area contributed by atoms with Gasteiger partial charge in [0.05, 0.1) is 17.9 Å². The molecule has 142 valence electrons. The molecule has 2 aromatic rings. The lowest BCUT2D eigenvalue weighted by molar-refractivity contribution is 0.102. The molecule has 1 amide bonds. The summed E-state index contributed by atoms with van der Waals surface area (Å²) in [6.45, 7) is 3.42. The summed E-state index contributed by atoms with van der Waals surface area (Å²) in [5.74, 6) is 0.613. The van der Waals surface area contributed by atoms with Crippen LogP contribution in [0.25, 0.3) is 0 Å². The van der Waals surface area contributed by atoms with Gasteiger partial charge in [-0.2, -0.15) is 0 Å². The van der Waals surface area contributed by atoms with Gasteiger partial charge in [0, 0.05) is 24.6 Å². The van der Waals surface area contributed by atoms with Crippen molar-refractivity contribution in [3.63, 3.8) is 0 Å². The predicted octanol–water partition coefficient (Wildman–Crippen LogP) is 5.04. The van der Waals surface area contributed by atoms with E-state index in [9.17, 15) is 4.79 Å². The van der Waals surface area contributed by atoms with Crippen molar-refractivity contribution < 1.29 is 9.53 Å². The topological polar surface area (TPSA) is 63.2 Å². The summed E-state index contributed by atoms with van der Waals surface area (Å²) in [4.78, 5) is 16.7. The summed E-state index contributed by atoms with van der Waals surface area (Å²) in [6.07, 6.45) is 11.8. The number of pyridine rings is 1. The molecule has 1 aliphatic carbocycles. The van der Waals surface area contributed by atoms with Crippen molar-refractivity contribution in [3.8, 4) is 5.75 Å². The third-order valence-electron chi connectivity index (χ3n) is 4.58. The molecular weight excluding hydrogens is 338 g/mol. The van der Waals surface area contributed by atoms with E-state index in [-0.39, 0.29) is 5.91 Å². The molecule has 0 fully saturated rings. The molecule has 0 atom stereocenters. The predicted molar refractivity (Wildman–Crippen MR) is 109 cm³/mol. The number of nitrogens with one attached hydrogen (secondary N) is 2. The maximum atomic E-state index is 12.5. The van der Waals surface area contributed by atoms with Crippen molar-refractivity contribution in [2.45, 2.75) is 39.0 Å². The van der Waals surface area contributed by atoms with E-state index in [4.69, 9.17) is 4.74 Å². The first kappa shape index (κ1) is 19.0. The zero-order chi connectivity index (χ0) is 18.9. The number of carbonyl (C=O) groups excluding carboxylic acids is 1. The van der Waals surface area contributed by atoms with E-state index in [0.29, 0.717) is 12.2 Å². The molecule has 0 spiro atoms. The lowest BCUT2D eigenvalue weighted by Crippen LogP contribution is -2.13. The van der Waals surface area contributed by atoms with Crippen LogP contribution in [0.15, 0.2) is 54.4 Å². The maximum absolute atomic E-state index is 12.5. The van der Waals surface area contributed by atoms with Crippen LogP contribution in [0.3, 0.4) is 0 Å². The van der Waals surface area contributed by atoms with Gasteiger partial charge in [-0.25, -0.2) is 0 Å². The molecule has 5 heteroatoms. The number of aromatic nitrogens is 1. The summed E-state index contributed by atoms with van der Waals surface area (Å²) in [5, 5.41) is 6.26. The maximum Gasteiger partial charge on any atom is 0.257 e. The second-order valence-corrected chi connectivity index (χ2v) is 6.66. The highest BCUT2D eigenvalue weighted by Crippen LogP contribution is 2.20. The average molecular weight is 365 g/mol. The van der Waals surface area contributed by atoms with Crippen LogP contribution < -0.4 is 15.4 Å². The number of carbonyl (C=O) groups is 1. The van der Waals surface area contributed by atoms with E-state index in [1.54, 1.807) is 12.4 Å². The summed E-state index contributed by atoms with van der Waals surface area (Å²) < 4.78 is 5.41. The van der Waals surface area contributed by atoms with Crippen LogP contribution in [-0.2, 0) is 0 Å². The Hall–Kier alpha value is -2.82. The van der Waals surface area contributed by atoms with E-state index >= 15 is 0 Å². The van der Waals surface area contributed by atoms with E-state index in [1.165, 1.54) is 31.3 Å². The molecule has 0 saturated heterocycles. The Morgan fingerprint density at radius 1 is 1.15 bits per heavy atom. The molecular formula is C22H27N3O2. The first-order valence-electron chi connectivity index (χ1n) is 9.65. The minimum Gasteiger partial charge on any atom is -0.494 e. The highest BCUT2D eigenvalue weighted by Gasteiger charge is 2.08. The molecule has 0 unspecified atom stereocenters. The first-order chi connectivity index (χ1) is 13.2. The number of anilines is 2. The van der Waals surface area contributed by atoms with Crippen molar-refractivity contribution in [1.82, 2.24) is 4.98 Å². The molecule has 1 aromatic heterocycles. The van der Waals surface area contributed by atoms with Crippen molar-refractivity contribution in [3.05, 3.63) is 59.9 Å². The number of amides is 1. The van der Waals surface area contributed by atoms with Crippen LogP contribution in [0.2, 0.25) is 0 Å². The van der Waals surface area contributed by atoms with Crippen molar-refractivity contribution in [2.24, 2.45) is 0 Å². The number of rotatable bonds is 8. The lowest BCUT2D eigenvalue weighted by atomic mass is 9.97. The van der Waals surface area contributed by atoms with Gasteiger partial charge in [0.2, 0.25) is 0 Å². The average Bonchev–Trinajstić information content (AvgIpc) is 2.71. The first-order valence-corrected chi connectivity index (χ1v) is 9.65. The summed E-state index contributed by atoms with van der Waals surface area (Å²) in [5.41, 5.74) is 3.66. The van der Waals surface area contributed by atoms with Crippen molar-refractivity contribution in [1.29, 1.82) is 0 Å². The van der Waals surface area contributed by atoms with Gasteiger partial charge in [-0.05, 0) is 69.4 Å². The number of hydrogen-bond donors (Lipinski definition) is 2. The number of allylic oxidation sites excluding steroid dienone is 1. The zero-order valence-electron chi connectivity index (χ0n) is 15.8. The normalized spacial score (nSPS) is 13.6. The van der Waals surface area contributed by atoms with Gasteiger partial charge in [0.25, 0.3) is 5.91 Å². The molecule has 2 N–H and O–H groups in total. The summed E-state index contributed by atoms with van der Waals surface area (Å²) >= 11 is 0. The van der Waals surface area contributed by atoms with Gasteiger partial charge in [-0.15, -0.1) is 0 Å². The van der Waals surface area contributed by atoms with Gasteiger partial charge >= 0.3 is 0 Å². The van der Waals surface area contributed by atoms with Crippen LogP contribution in [0.1, 0.15) is 49.4 Å². The standard InChI is InChI=1S/C22H27N3O2/c1-2-27-21-10-8-19(9-11-21)25-22(26)18-14-20(16-23-15-18)24-13-12-17-6-4-3-5-7-17/h6,8-11,14-16,24H,2-5,7,12-13H2,1H3,(H,25,26). The van der Waals surface area contributed by atoms with Gasteiger partial charge < -0.3 is 15.4 Å². The monoisotopic (exact) mass is 365 g/mol. The molecule has 3 rings (SSSR count). The Labute approximate surface area is 160 Å². The van der Waals surface area contributed by atoms with Gasteiger partial charge in [0.1, 0.15) is 5.75 Å². The summed E-state index contributed by atoms with van der Waals surface area (Å²) in [6, 6.07) is 9.18. The fraction of sp³-hybridized carbons (Fsp3) is 0.364. The van der Waals surface area contributed by atoms with Gasteiger partial charge in [-0.1, -0.05) is 11.6 Å². The lowest BCUT2D eigenvalue weighted by Gasteiger charge is -2.13. The minimum atomic E-state index is -0.176. The SMILES string of the molecule is CCOc1ccc(NC(=O)c2cncc(NCCC3=CCCCC3)c2)cc1. The van der Waals surface area contributed by atoms with Crippen molar-refractivity contribution in [2.75, 3.05) is 23.8 Å². The number of ether oxygens (including phenoxy) is 1. The van der Waals surface area contributed by atoms with Crippen LogP contribution in [0.4, 0.5) is 11.4 Å². The fourth-order valence-corrected chi connectivity index (χ4v) is 3.16. The minimum absolute atomic E-state index is 0.176. The molecule has 0 bridgehead atoms. The smallest absolute Gasteiger partial charge is 0.257 e. The Kier molecular flexibility index (Phi) is 6.85. The third kappa shape index (κ3) is 5.84. The van der Waals surface area contributed by atoms with E-state index in [0.717, 1.165) is 30.1 Å². The van der Waals surface area contributed by atoms with Crippen LogP contribution >= 0.6 is 0 Å². The highest BCUT2D eigenvalue weighted by molar-refractivity contribution is 6.04. The van der Waals surface area contributed by atoms with Gasteiger partial charge in [0.15, 0.2) is 0 Å². The van der Waals surface area contributed by atoms with Crippen LogP contribution in [-0.4, -0.2) is 24.0 Å². The van der Waals surface area contributed by atoms with Crippen LogP contribution in [0, 0.1) is 0 Å². The molecule has 1 heterocycles. The molecule has 5 nitrogen and oxygen atoms in total. The quantitative estimate of drug-likeness (QED) is 0.644. The Morgan fingerprint density at radius 3 is 2.74 bits per heavy atom. The zero-order valence-corrected chi connectivity index (χ0v) is 15.8. The second kappa shape index (κ2) is 9.76.